The lowest BCUT2D eigenvalue weighted by molar-refractivity contribution is -0.122. The molecule has 1 aromatic rings. The zero-order valence-electron chi connectivity index (χ0n) is 14.7. The second kappa shape index (κ2) is 8.47. The van der Waals surface area contributed by atoms with E-state index < -0.39 is 21.9 Å². The molecular weight excluding hydrogens is 343 g/mol. The Morgan fingerprint density at radius 1 is 1.28 bits per heavy atom. The highest BCUT2D eigenvalue weighted by Gasteiger charge is 2.31. The normalized spacial score (nSPS) is 16.0. The van der Waals surface area contributed by atoms with Gasteiger partial charge in [-0.3, -0.25) is 9.10 Å². The Balaban J connectivity index is 2.19. The van der Waals surface area contributed by atoms with Crippen LogP contribution in [0.25, 0.3) is 0 Å². The Bertz CT molecular complexity index is 729. The average molecular weight is 368 g/mol. The van der Waals surface area contributed by atoms with Gasteiger partial charge in [0.2, 0.25) is 15.9 Å². The summed E-state index contributed by atoms with van der Waals surface area (Å²) >= 11 is 0. The van der Waals surface area contributed by atoms with E-state index in [-0.39, 0.29) is 11.6 Å². The van der Waals surface area contributed by atoms with Crippen molar-refractivity contribution < 1.29 is 17.6 Å². The molecule has 0 saturated carbocycles. The van der Waals surface area contributed by atoms with Crippen molar-refractivity contribution in [3.63, 3.8) is 0 Å². The fourth-order valence-electron chi connectivity index (χ4n) is 3.03. The first-order valence-electron chi connectivity index (χ1n) is 8.53. The van der Waals surface area contributed by atoms with Crippen molar-refractivity contribution in [3.05, 3.63) is 41.7 Å². The predicted octanol–water partition coefficient (Wildman–Crippen LogP) is 2.99. The molecular formula is C18H25FN2O3S. The van der Waals surface area contributed by atoms with Gasteiger partial charge in [-0.05, 0) is 56.4 Å². The maximum absolute atomic E-state index is 13.2. The maximum atomic E-state index is 13.2. The molecule has 1 atom stereocenters. The molecule has 0 aromatic heterocycles. The third-order valence-electron chi connectivity index (χ3n) is 4.29. The molecule has 5 nitrogen and oxygen atoms in total. The highest BCUT2D eigenvalue weighted by molar-refractivity contribution is 7.92. The van der Waals surface area contributed by atoms with Crippen molar-refractivity contribution in [2.45, 2.75) is 45.1 Å². The summed E-state index contributed by atoms with van der Waals surface area (Å²) in [5.74, 6) is -0.803. The second-order valence-corrected chi connectivity index (χ2v) is 8.14. The Labute approximate surface area is 149 Å². The van der Waals surface area contributed by atoms with E-state index >= 15 is 0 Å². The first-order valence-corrected chi connectivity index (χ1v) is 10.4. The molecule has 1 aromatic carbocycles. The molecule has 0 spiro atoms. The van der Waals surface area contributed by atoms with Gasteiger partial charge < -0.3 is 5.32 Å². The number of carbonyl (C=O) groups excluding carboxylic acids is 1. The van der Waals surface area contributed by atoms with Crippen LogP contribution < -0.4 is 9.62 Å². The van der Waals surface area contributed by atoms with Crippen LogP contribution >= 0.6 is 0 Å². The maximum Gasteiger partial charge on any atom is 0.244 e. The van der Waals surface area contributed by atoms with Gasteiger partial charge in [0.15, 0.2) is 0 Å². The third kappa shape index (κ3) is 5.29. The van der Waals surface area contributed by atoms with Crippen molar-refractivity contribution in [3.8, 4) is 0 Å². The Morgan fingerprint density at radius 3 is 2.48 bits per heavy atom. The number of allylic oxidation sites excluding steroid dienone is 1. The molecule has 2 rings (SSSR count). The minimum absolute atomic E-state index is 0.280. The first kappa shape index (κ1) is 19.4. The van der Waals surface area contributed by atoms with Crippen molar-refractivity contribution in [1.29, 1.82) is 0 Å². The third-order valence-corrected chi connectivity index (χ3v) is 5.47. The molecule has 25 heavy (non-hydrogen) atoms. The van der Waals surface area contributed by atoms with E-state index in [9.17, 15) is 17.6 Å². The quantitative estimate of drug-likeness (QED) is 0.753. The summed E-state index contributed by atoms with van der Waals surface area (Å²) in [7, 11) is -3.69. The second-order valence-electron chi connectivity index (χ2n) is 6.29. The number of sulfonamides is 1. The zero-order valence-corrected chi connectivity index (χ0v) is 15.5. The summed E-state index contributed by atoms with van der Waals surface area (Å²) in [4.78, 5) is 12.6. The van der Waals surface area contributed by atoms with Gasteiger partial charge in [-0.2, -0.15) is 0 Å². The summed E-state index contributed by atoms with van der Waals surface area (Å²) in [6.07, 6.45) is 7.77. The van der Waals surface area contributed by atoms with Crippen LogP contribution in [0.1, 0.15) is 39.0 Å². The lowest BCUT2D eigenvalue weighted by Crippen LogP contribution is -2.49. The van der Waals surface area contributed by atoms with E-state index in [0.29, 0.717) is 13.0 Å². The minimum atomic E-state index is -3.69. The molecule has 138 valence electrons. The fraction of sp³-hybridized carbons (Fsp3) is 0.500. The lowest BCUT2D eigenvalue weighted by atomic mass is 9.99. The van der Waals surface area contributed by atoms with E-state index in [1.807, 2.05) is 0 Å². The number of hydrogen-bond acceptors (Lipinski definition) is 3. The molecule has 7 heteroatoms. The Hall–Kier alpha value is -1.89. The molecule has 1 N–H and O–H groups in total. The Morgan fingerprint density at radius 2 is 1.96 bits per heavy atom. The van der Waals surface area contributed by atoms with Crippen LogP contribution in [0.2, 0.25) is 0 Å². The number of halogens is 1. The molecule has 0 heterocycles. The van der Waals surface area contributed by atoms with Crippen LogP contribution in [0.15, 0.2) is 35.9 Å². The molecule has 1 aliphatic rings. The van der Waals surface area contributed by atoms with Crippen molar-refractivity contribution in [2.24, 2.45) is 0 Å². The predicted molar refractivity (Wildman–Crippen MR) is 97.4 cm³/mol. The van der Waals surface area contributed by atoms with Gasteiger partial charge >= 0.3 is 0 Å². The SMILES string of the molecule is CC[C@@H](C(=O)NCC1=CCCCC1)N(c1ccc(F)cc1)S(C)(=O)=O. The number of rotatable bonds is 7. The number of benzene rings is 1. The van der Waals surface area contributed by atoms with E-state index in [1.54, 1.807) is 6.92 Å². The van der Waals surface area contributed by atoms with Gasteiger partial charge in [0.05, 0.1) is 11.9 Å². The van der Waals surface area contributed by atoms with Gasteiger partial charge in [0.1, 0.15) is 11.9 Å². The van der Waals surface area contributed by atoms with Crippen LogP contribution in [0.5, 0.6) is 0 Å². The number of anilines is 1. The molecule has 0 bridgehead atoms. The van der Waals surface area contributed by atoms with Crippen LogP contribution in [-0.4, -0.2) is 33.2 Å². The number of nitrogens with one attached hydrogen (secondary N) is 1. The number of carbonyl (C=O) groups is 1. The summed E-state index contributed by atoms with van der Waals surface area (Å²) in [6, 6.07) is 4.24. The fourth-order valence-corrected chi connectivity index (χ4v) is 4.24. The van der Waals surface area contributed by atoms with Crippen molar-refractivity contribution >= 4 is 21.6 Å². The van der Waals surface area contributed by atoms with Gasteiger partial charge in [0.25, 0.3) is 0 Å². The molecule has 0 fully saturated rings. The van der Waals surface area contributed by atoms with E-state index in [1.165, 1.54) is 36.3 Å². The van der Waals surface area contributed by atoms with Crippen LogP contribution in [-0.2, 0) is 14.8 Å². The standard InChI is InChI=1S/C18H25FN2O3S/c1-3-17(18(22)20-13-14-7-5-4-6-8-14)21(25(2,23)24)16-11-9-15(19)10-12-16/h7,9-12,17H,3-6,8,13H2,1-2H3,(H,20,22)/t17-/m0/s1. The first-order chi connectivity index (χ1) is 11.8. The average Bonchev–Trinajstić information content (AvgIpc) is 2.58. The van der Waals surface area contributed by atoms with Gasteiger partial charge in [-0.15, -0.1) is 0 Å². The van der Waals surface area contributed by atoms with Crippen molar-refractivity contribution in [2.75, 3.05) is 17.1 Å². The Kier molecular flexibility index (Phi) is 6.58. The molecule has 0 aliphatic heterocycles. The summed E-state index contributed by atoms with van der Waals surface area (Å²) in [6.45, 7) is 2.20. The van der Waals surface area contributed by atoms with E-state index in [0.717, 1.165) is 29.8 Å². The highest BCUT2D eigenvalue weighted by atomic mass is 32.2. The smallest absolute Gasteiger partial charge is 0.244 e. The largest absolute Gasteiger partial charge is 0.351 e. The summed E-state index contributed by atoms with van der Waals surface area (Å²) in [5.41, 5.74) is 1.46. The minimum Gasteiger partial charge on any atom is -0.351 e. The van der Waals surface area contributed by atoms with Crippen LogP contribution in [0, 0.1) is 5.82 Å². The molecule has 0 radical (unpaired) electrons. The lowest BCUT2D eigenvalue weighted by Gasteiger charge is -2.30. The topological polar surface area (TPSA) is 66.5 Å². The van der Waals surface area contributed by atoms with E-state index in [2.05, 4.69) is 11.4 Å². The van der Waals surface area contributed by atoms with E-state index in [4.69, 9.17) is 0 Å². The molecule has 0 saturated heterocycles. The van der Waals surface area contributed by atoms with Crippen LogP contribution in [0.4, 0.5) is 10.1 Å². The molecule has 1 aliphatic carbocycles. The summed E-state index contributed by atoms with van der Waals surface area (Å²) < 4.78 is 38.8. The zero-order chi connectivity index (χ0) is 18.4. The van der Waals surface area contributed by atoms with Crippen molar-refractivity contribution in [1.82, 2.24) is 5.32 Å². The van der Waals surface area contributed by atoms with Gasteiger partial charge in [-0.25, -0.2) is 12.8 Å². The van der Waals surface area contributed by atoms with Gasteiger partial charge in [-0.1, -0.05) is 18.6 Å². The molecule has 0 unspecified atom stereocenters. The monoisotopic (exact) mass is 368 g/mol. The molecule has 1 amide bonds. The number of nitrogens with zero attached hydrogens (tertiary/aromatic N) is 1. The van der Waals surface area contributed by atoms with Crippen LogP contribution in [0.3, 0.4) is 0 Å². The van der Waals surface area contributed by atoms with Gasteiger partial charge in [0, 0.05) is 6.54 Å². The number of hydrogen-bond donors (Lipinski definition) is 1. The summed E-state index contributed by atoms with van der Waals surface area (Å²) in [5, 5.41) is 2.85. The highest BCUT2D eigenvalue weighted by Crippen LogP contribution is 2.23. The number of amides is 1.